The fourth-order valence-corrected chi connectivity index (χ4v) is 3.27. The Bertz CT molecular complexity index is 809. The molecule has 1 aromatic heterocycles. The third-order valence-electron chi connectivity index (χ3n) is 4.59. The van der Waals surface area contributed by atoms with Crippen molar-refractivity contribution in [2.45, 2.75) is 18.9 Å². The van der Waals surface area contributed by atoms with Gasteiger partial charge in [-0.2, -0.15) is 0 Å². The molecule has 27 heavy (non-hydrogen) atoms. The third kappa shape index (κ3) is 4.19. The Morgan fingerprint density at radius 2 is 2.07 bits per heavy atom. The number of carbonyl (C=O) groups excluding carboxylic acids is 2. The molecule has 1 aliphatic rings. The second kappa shape index (κ2) is 8.53. The van der Waals surface area contributed by atoms with Crippen molar-refractivity contribution in [2.24, 2.45) is 0 Å². The fraction of sp³-hybridized carbons (Fsp3) is 0.350. The molecule has 142 valence electrons. The molecular weight excluding hydrogens is 348 g/mol. The monoisotopic (exact) mass is 370 g/mol. The Morgan fingerprint density at radius 3 is 2.78 bits per heavy atom. The van der Waals surface area contributed by atoms with E-state index in [1.165, 1.54) is 6.20 Å². The highest BCUT2D eigenvalue weighted by molar-refractivity contribution is 5.91. The number of amides is 1. The molecule has 0 saturated carbocycles. The van der Waals surface area contributed by atoms with E-state index >= 15 is 0 Å². The van der Waals surface area contributed by atoms with Crippen LogP contribution >= 0.6 is 0 Å². The number of nitrogens with zero attached hydrogens (tertiary/aromatic N) is 2. The first-order valence-corrected chi connectivity index (χ1v) is 8.72. The third-order valence-corrected chi connectivity index (χ3v) is 4.59. The minimum atomic E-state index is -0.564. The molecule has 3 rings (SSSR count). The van der Waals surface area contributed by atoms with Crippen molar-refractivity contribution < 1.29 is 23.8 Å². The predicted molar refractivity (Wildman–Crippen MR) is 97.8 cm³/mol. The molecule has 1 aliphatic heterocycles. The molecule has 0 N–H and O–H groups in total. The first kappa shape index (κ1) is 18.7. The molecule has 2 heterocycles. The molecule has 0 spiro atoms. The minimum absolute atomic E-state index is 0.139. The van der Waals surface area contributed by atoms with Crippen LogP contribution in [0.5, 0.6) is 11.5 Å². The molecule has 0 unspecified atom stereocenters. The standard InChI is InChI=1S/C20H22N2O5/c1-25-15-7-8-18(26-2)16(11-15)17-6-4-10-22(17)19(23)13-27-20(24)14-5-3-9-21-12-14/h3,5,7-9,11-12,17H,4,6,10,13H2,1-2H3/t17-/m0/s1. The highest BCUT2D eigenvalue weighted by Gasteiger charge is 2.32. The van der Waals surface area contributed by atoms with Gasteiger partial charge >= 0.3 is 5.97 Å². The molecule has 0 bridgehead atoms. The molecule has 1 fully saturated rings. The van der Waals surface area contributed by atoms with Crippen LogP contribution in [0, 0.1) is 0 Å². The summed E-state index contributed by atoms with van der Waals surface area (Å²) in [6, 6.07) is 8.64. The lowest BCUT2D eigenvalue weighted by atomic mass is 10.0. The van der Waals surface area contributed by atoms with Crippen LogP contribution in [-0.2, 0) is 9.53 Å². The van der Waals surface area contributed by atoms with Gasteiger partial charge in [0.25, 0.3) is 5.91 Å². The van der Waals surface area contributed by atoms with E-state index < -0.39 is 5.97 Å². The van der Waals surface area contributed by atoms with Crippen LogP contribution in [-0.4, -0.2) is 49.1 Å². The van der Waals surface area contributed by atoms with Gasteiger partial charge in [0.05, 0.1) is 25.8 Å². The van der Waals surface area contributed by atoms with Crippen LogP contribution in [0.25, 0.3) is 0 Å². The number of likely N-dealkylation sites (tertiary alicyclic amines) is 1. The van der Waals surface area contributed by atoms with Crippen LogP contribution in [0.3, 0.4) is 0 Å². The summed E-state index contributed by atoms with van der Waals surface area (Å²) in [6.45, 7) is 0.296. The van der Waals surface area contributed by atoms with Crippen molar-refractivity contribution in [1.29, 1.82) is 0 Å². The normalized spacial score (nSPS) is 16.1. The topological polar surface area (TPSA) is 78.0 Å². The fourth-order valence-electron chi connectivity index (χ4n) is 3.27. The molecule has 2 aromatic rings. The molecule has 7 nitrogen and oxygen atoms in total. The summed E-state index contributed by atoms with van der Waals surface area (Å²) in [7, 11) is 3.20. The number of methoxy groups -OCH3 is 2. The summed E-state index contributed by atoms with van der Waals surface area (Å²) >= 11 is 0. The van der Waals surface area contributed by atoms with Gasteiger partial charge in [-0.3, -0.25) is 9.78 Å². The van der Waals surface area contributed by atoms with E-state index in [0.29, 0.717) is 23.6 Å². The SMILES string of the molecule is COc1ccc(OC)c([C@@H]2CCCN2C(=O)COC(=O)c2cccnc2)c1. The number of hydrogen-bond acceptors (Lipinski definition) is 6. The molecule has 1 saturated heterocycles. The molecule has 1 amide bonds. The van der Waals surface area contributed by atoms with E-state index in [9.17, 15) is 9.59 Å². The van der Waals surface area contributed by atoms with E-state index in [4.69, 9.17) is 14.2 Å². The zero-order valence-corrected chi connectivity index (χ0v) is 15.4. The zero-order chi connectivity index (χ0) is 19.2. The minimum Gasteiger partial charge on any atom is -0.497 e. The van der Waals surface area contributed by atoms with Gasteiger partial charge in [-0.25, -0.2) is 4.79 Å². The molecular formula is C20H22N2O5. The molecule has 7 heteroatoms. The lowest BCUT2D eigenvalue weighted by Gasteiger charge is -2.26. The van der Waals surface area contributed by atoms with Crippen molar-refractivity contribution in [3.05, 3.63) is 53.9 Å². The average molecular weight is 370 g/mol. The Morgan fingerprint density at radius 1 is 1.22 bits per heavy atom. The van der Waals surface area contributed by atoms with E-state index in [2.05, 4.69) is 4.98 Å². The van der Waals surface area contributed by atoms with Crippen molar-refractivity contribution >= 4 is 11.9 Å². The van der Waals surface area contributed by atoms with E-state index in [-0.39, 0.29) is 18.6 Å². The van der Waals surface area contributed by atoms with Gasteiger partial charge < -0.3 is 19.1 Å². The molecule has 0 radical (unpaired) electrons. The maximum atomic E-state index is 12.7. The predicted octanol–water partition coefficient (Wildman–Crippen LogP) is 2.62. The van der Waals surface area contributed by atoms with E-state index in [1.807, 2.05) is 18.2 Å². The van der Waals surface area contributed by atoms with Crippen molar-refractivity contribution in [2.75, 3.05) is 27.4 Å². The Hall–Kier alpha value is -3.09. The lowest BCUT2D eigenvalue weighted by molar-refractivity contribution is -0.135. The van der Waals surface area contributed by atoms with Crippen LogP contribution in [0.2, 0.25) is 0 Å². The van der Waals surface area contributed by atoms with Crippen LogP contribution < -0.4 is 9.47 Å². The summed E-state index contributed by atoms with van der Waals surface area (Å²) in [5.74, 6) is 0.603. The molecule has 1 atom stereocenters. The van der Waals surface area contributed by atoms with Crippen molar-refractivity contribution in [3.63, 3.8) is 0 Å². The largest absolute Gasteiger partial charge is 0.497 e. The summed E-state index contributed by atoms with van der Waals surface area (Å²) in [5, 5.41) is 0. The molecule has 1 aromatic carbocycles. The van der Waals surface area contributed by atoms with Gasteiger partial charge in [-0.05, 0) is 43.2 Å². The Kier molecular flexibility index (Phi) is 5.90. The number of hydrogen-bond donors (Lipinski definition) is 0. The van der Waals surface area contributed by atoms with Gasteiger partial charge in [0, 0.05) is 24.5 Å². The highest BCUT2D eigenvalue weighted by atomic mass is 16.5. The second-order valence-corrected chi connectivity index (χ2v) is 6.17. The first-order valence-electron chi connectivity index (χ1n) is 8.72. The van der Waals surface area contributed by atoms with Crippen LogP contribution in [0.4, 0.5) is 0 Å². The smallest absolute Gasteiger partial charge is 0.340 e. The van der Waals surface area contributed by atoms with Crippen molar-refractivity contribution in [1.82, 2.24) is 9.88 Å². The number of esters is 1. The summed E-state index contributed by atoms with van der Waals surface area (Å²) in [5.41, 5.74) is 1.21. The maximum absolute atomic E-state index is 12.7. The Balaban J connectivity index is 1.71. The Labute approximate surface area is 157 Å². The summed E-state index contributed by atoms with van der Waals surface area (Å²) in [4.78, 5) is 30.3. The number of carbonyl (C=O) groups is 2. The van der Waals surface area contributed by atoms with Gasteiger partial charge in [0.1, 0.15) is 11.5 Å². The molecule has 0 aliphatic carbocycles. The number of pyridine rings is 1. The van der Waals surface area contributed by atoms with E-state index in [0.717, 1.165) is 18.4 Å². The van der Waals surface area contributed by atoms with Gasteiger partial charge in [0.2, 0.25) is 0 Å². The number of aromatic nitrogens is 1. The lowest BCUT2D eigenvalue weighted by Crippen LogP contribution is -2.34. The maximum Gasteiger partial charge on any atom is 0.340 e. The number of ether oxygens (including phenoxy) is 3. The van der Waals surface area contributed by atoms with Gasteiger partial charge in [0.15, 0.2) is 6.61 Å². The number of rotatable bonds is 6. The van der Waals surface area contributed by atoms with Crippen LogP contribution in [0.15, 0.2) is 42.7 Å². The van der Waals surface area contributed by atoms with Gasteiger partial charge in [-0.15, -0.1) is 0 Å². The number of benzene rings is 1. The average Bonchev–Trinajstić information content (AvgIpc) is 3.21. The quantitative estimate of drug-likeness (QED) is 0.728. The van der Waals surface area contributed by atoms with Crippen LogP contribution in [0.1, 0.15) is 34.8 Å². The summed E-state index contributed by atoms with van der Waals surface area (Å²) in [6.07, 6.45) is 4.66. The van der Waals surface area contributed by atoms with E-state index in [1.54, 1.807) is 37.4 Å². The zero-order valence-electron chi connectivity index (χ0n) is 15.4. The first-order chi connectivity index (χ1) is 13.1. The summed E-state index contributed by atoms with van der Waals surface area (Å²) < 4.78 is 15.9. The van der Waals surface area contributed by atoms with Gasteiger partial charge in [-0.1, -0.05) is 0 Å². The van der Waals surface area contributed by atoms with Crippen molar-refractivity contribution in [3.8, 4) is 11.5 Å². The highest BCUT2D eigenvalue weighted by Crippen LogP contribution is 2.38. The second-order valence-electron chi connectivity index (χ2n) is 6.17.